The maximum atomic E-state index is 5.90. The van der Waals surface area contributed by atoms with Crippen molar-refractivity contribution in [3.05, 3.63) is 23.2 Å². The molecule has 0 amide bonds. The summed E-state index contributed by atoms with van der Waals surface area (Å²) >= 11 is 5.90. The Morgan fingerprint density at radius 1 is 1.38 bits per heavy atom. The van der Waals surface area contributed by atoms with E-state index in [-0.39, 0.29) is 0 Å². The largest absolute Gasteiger partial charge is 0.478 e. The van der Waals surface area contributed by atoms with Gasteiger partial charge in [-0.05, 0) is 12.8 Å². The molecule has 1 aliphatic rings. The molecule has 0 bridgehead atoms. The van der Waals surface area contributed by atoms with E-state index in [9.17, 15) is 0 Å². The van der Waals surface area contributed by atoms with Gasteiger partial charge in [0.1, 0.15) is 5.15 Å². The van der Waals surface area contributed by atoms with Crippen LogP contribution in [-0.4, -0.2) is 21.5 Å². The number of fused-ring (bicyclic) bond motifs is 1. The lowest BCUT2D eigenvalue weighted by Gasteiger charge is -2.22. The molecule has 1 saturated carbocycles. The first-order valence-electron chi connectivity index (χ1n) is 5.37. The maximum absolute atomic E-state index is 5.90. The summed E-state index contributed by atoms with van der Waals surface area (Å²) in [5.41, 5.74) is 1.86. The molecule has 0 atom stereocenters. The van der Waals surface area contributed by atoms with Gasteiger partial charge in [0, 0.05) is 18.3 Å². The fourth-order valence-electron chi connectivity index (χ4n) is 2.00. The zero-order chi connectivity index (χ0) is 11.1. The van der Waals surface area contributed by atoms with Gasteiger partial charge in [0.05, 0.1) is 12.8 Å². The number of hydrogen-bond acceptors (Lipinski definition) is 3. The van der Waals surface area contributed by atoms with Gasteiger partial charge in [0.2, 0.25) is 5.65 Å². The highest BCUT2D eigenvalue weighted by Gasteiger charge is 2.23. The first-order chi connectivity index (χ1) is 7.78. The summed E-state index contributed by atoms with van der Waals surface area (Å²) < 4.78 is 7.06. The minimum atomic E-state index is 0.418. The first kappa shape index (κ1) is 9.90. The fraction of sp³-hybridized carbons (Fsp3) is 0.455. The lowest BCUT2D eigenvalue weighted by Crippen LogP contribution is -2.08. The molecule has 16 heavy (non-hydrogen) atoms. The molecular formula is C11H12ClN3O. The average Bonchev–Trinajstić information content (AvgIpc) is 2.56. The van der Waals surface area contributed by atoms with E-state index in [1.807, 2.05) is 10.6 Å². The zero-order valence-electron chi connectivity index (χ0n) is 8.98. The first-order valence-corrected chi connectivity index (χ1v) is 5.75. The lowest BCUT2D eigenvalue weighted by molar-refractivity contribution is 0.399. The summed E-state index contributed by atoms with van der Waals surface area (Å²) in [6.07, 6.45) is 7.54. The highest BCUT2D eigenvalue weighted by molar-refractivity contribution is 6.29. The van der Waals surface area contributed by atoms with Gasteiger partial charge < -0.3 is 4.74 Å². The van der Waals surface area contributed by atoms with Crippen molar-refractivity contribution < 1.29 is 4.74 Å². The molecule has 0 aromatic carbocycles. The molecule has 2 heterocycles. The second-order valence-corrected chi connectivity index (χ2v) is 4.48. The quantitative estimate of drug-likeness (QED) is 0.806. The van der Waals surface area contributed by atoms with Gasteiger partial charge in [-0.1, -0.05) is 18.0 Å². The van der Waals surface area contributed by atoms with Crippen LogP contribution in [0.15, 0.2) is 12.4 Å². The molecule has 2 aromatic heterocycles. The molecule has 1 aliphatic carbocycles. The highest BCUT2D eigenvalue weighted by atomic mass is 35.5. The molecule has 0 N–H and O–H groups in total. The van der Waals surface area contributed by atoms with Gasteiger partial charge in [0.15, 0.2) is 0 Å². The number of ether oxygens (including phenoxy) is 1. The predicted octanol–water partition coefficient (Wildman–Crippen LogP) is 2.66. The minimum Gasteiger partial charge on any atom is -0.478 e. The van der Waals surface area contributed by atoms with Crippen LogP contribution in [0.3, 0.4) is 0 Å². The lowest BCUT2D eigenvalue weighted by atomic mass is 9.83. The summed E-state index contributed by atoms with van der Waals surface area (Å²) in [5, 5.41) is 0.418. The van der Waals surface area contributed by atoms with Gasteiger partial charge in [-0.3, -0.25) is 4.40 Å². The van der Waals surface area contributed by atoms with Crippen molar-refractivity contribution in [2.24, 2.45) is 0 Å². The second kappa shape index (κ2) is 3.63. The van der Waals surface area contributed by atoms with E-state index in [2.05, 4.69) is 9.97 Å². The van der Waals surface area contributed by atoms with E-state index in [0.717, 1.165) is 11.3 Å². The van der Waals surface area contributed by atoms with Gasteiger partial charge >= 0.3 is 0 Å². The average molecular weight is 238 g/mol. The normalized spacial score (nSPS) is 16.4. The zero-order valence-corrected chi connectivity index (χ0v) is 9.74. The van der Waals surface area contributed by atoms with Crippen LogP contribution in [0.4, 0.5) is 0 Å². The molecule has 3 rings (SSSR count). The van der Waals surface area contributed by atoms with Crippen molar-refractivity contribution in [2.45, 2.75) is 25.2 Å². The van der Waals surface area contributed by atoms with E-state index in [1.165, 1.54) is 19.3 Å². The summed E-state index contributed by atoms with van der Waals surface area (Å²) in [5.74, 6) is 1.08. The molecule has 1 fully saturated rings. The topological polar surface area (TPSA) is 39.4 Å². The van der Waals surface area contributed by atoms with E-state index >= 15 is 0 Å². The van der Waals surface area contributed by atoms with Crippen LogP contribution in [-0.2, 0) is 0 Å². The molecule has 5 heteroatoms. The molecule has 0 radical (unpaired) electrons. The Bertz CT molecular complexity index is 533. The Morgan fingerprint density at radius 3 is 2.81 bits per heavy atom. The highest BCUT2D eigenvalue weighted by Crippen LogP contribution is 2.36. The number of rotatable bonds is 2. The Labute approximate surface area is 98.2 Å². The number of methoxy groups -OCH3 is 1. The van der Waals surface area contributed by atoms with E-state index in [0.29, 0.717) is 17.0 Å². The predicted molar refractivity (Wildman–Crippen MR) is 61.1 cm³/mol. The molecule has 0 saturated heterocycles. The van der Waals surface area contributed by atoms with Gasteiger partial charge in [-0.2, -0.15) is 4.98 Å². The van der Waals surface area contributed by atoms with Crippen molar-refractivity contribution in [3.63, 3.8) is 0 Å². The smallest absolute Gasteiger partial charge is 0.259 e. The number of hydrogen-bond donors (Lipinski definition) is 0. The Morgan fingerprint density at radius 2 is 2.19 bits per heavy atom. The molecule has 0 unspecified atom stereocenters. The van der Waals surface area contributed by atoms with Crippen LogP contribution in [0.2, 0.25) is 5.15 Å². The third-order valence-corrected chi connectivity index (χ3v) is 3.30. The number of imidazole rings is 1. The van der Waals surface area contributed by atoms with Gasteiger partial charge in [-0.15, -0.1) is 0 Å². The maximum Gasteiger partial charge on any atom is 0.259 e. The van der Waals surface area contributed by atoms with Crippen molar-refractivity contribution in [1.29, 1.82) is 0 Å². The molecule has 0 aliphatic heterocycles. The SMILES string of the molecule is COc1nc(Cl)cn2cc(C3CCC3)nc12. The number of nitrogens with zero attached hydrogens (tertiary/aromatic N) is 3. The fourth-order valence-corrected chi connectivity index (χ4v) is 2.18. The van der Waals surface area contributed by atoms with E-state index < -0.39 is 0 Å². The summed E-state index contributed by atoms with van der Waals surface area (Å²) in [6, 6.07) is 0. The third kappa shape index (κ3) is 1.45. The summed E-state index contributed by atoms with van der Waals surface area (Å²) in [4.78, 5) is 8.66. The second-order valence-electron chi connectivity index (χ2n) is 4.10. The van der Waals surface area contributed by atoms with Crippen LogP contribution in [0, 0.1) is 0 Å². The van der Waals surface area contributed by atoms with Crippen molar-refractivity contribution in [3.8, 4) is 5.88 Å². The molecule has 4 nitrogen and oxygen atoms in total. The van der Waals surface area contributed by atoms with Crippen LogP contribution < -0.4 is 4.74 Å². The van der Waals surface area contributed by atoms with Crippen LogP contribution in [0.25, 0.3) is 5.65 Å². The van der Waals surface area contributed by atoms with Gasteiger partial charge in [-0.25, -0.2) is 4.98 Å². The van der Waals surface area contributed by atoms with Crippen molar-refractivity contribution in [1.82, 2.24) is 14.4 Å². The minimum absolute atomic E-state index is 0.418. The van der Waals surface area contributed by atoms with Crippen LogP contribution >= 0.6 is 11.6 Å². The molecular weight excluding hydrogens is 226 g/mol. The molecule has 84 valence electrons. The summed E-state index contributed by atoms with van der Waals surface area (Å²) in [6.45, 7) is 0. The third-order valence-electron chi connectivity index (χ3n) is 3.11. The summed E-state index contributed by atoms with van der Waals surface area (Å²) in [7, 11) is 1.58. The Kier molecular flexibility index (Phi) is 2.24. The number of halogens is 1. The van der Waals surface area contributed by atoms with Crippen molar-refractivity contribution in [2.75, 3.05) is 7.11 Å². The standard InChI is InChI=1S/C11H12ClN3O/c1-16-11-10-13-8(7-3-2-4-7)5-15(10)6-9(12)14-11/h5-7H,2-4H2,1H3. The monoisotopic (exact) mass is 237 g/mol. The van der Waals surface area contributed by atoms with Crippen molar-refractivity contribution >= 4 is 17.2 Å². The Balaban J connectivity index is 2.15. The number of aromatic nitrogens is 3. The van der Waals surface area contributed by atoms with E-state index in [1.54, 1.807) is 13.3 Å². The molecule has 2 aromatic rings. The van der Waals surface area contributed by atoms with E-state index in [4.69, 9.17) is 16.3 Å². The Hall–Kier alpha value is -1.29. The molecule has 0 spiro atoms. The van der Waals surface area contributed by atoms with Crippen LogP contribution in [0.5, 0.6) is 5.88 Å². The van der Waals surface area contributed by atoms with Gasteiger partial charge in [0.25, 0.3) is 5.88 Å². The van der Waals surface area contributed by atoms with Crippen LogP contribution in [0.1, 0.15) is 30.9 Å².